The second-order valence-corrected chi connectivity index (χ2v) is 7.67. The fourth-order valence-electron chi connectivity index (χ4n) is 3.71. The van der Waals surface area contributed by atoms with Crippen LogP contribution in [-0.4, -0.2) is 24.5 Å². The summed E-state index contributed by atoms with van der Waals surface area (Å²) in [4.78, 5) is 2.32. The molecule has 0 amide bonds. The smallest absolute Gasteiger partial charge is 0.416 e. The van der Waals surface area contributed by atoms with Gasteiger partial charge < -0.3 is 4.74 Å². The number of benzene rings is 3. The van der Waals surface area contributed by atoms with Crippen molar-refractivity contribution in [3.8, 4) is 11.5 Å². The normalized spacial score (nSPS) is 14.9. The van der Waals surface area contributed by atoms with Crippen molar-refractivity contribution >= 4 is 5.57 Å². The van der Waals surface area contributed by atoms with Crippen LogP contribution >= 0.6 is 0 Å². The van der Waals surface area contributed by atoms with Crippen molar-refractivity contribution in [3.05, 3.63) is 102 Å². The molecular weight excluding hydrogens is 399 g/mol. The van der Waals surface area contributed by atoms with Gasteiger partial charge in [-0.05, 0) is 65.9 Å². The number of halogens is 3. The van der Waals surface area contributed by atoms with Crippen molar-refractivity contribution in [2.45, 2.75) is 19.0 Å². The molecule has 4 rings (SSSR count). The van der Waals surface area contributed by atoms with E-state index in [-0.39, 0.29) is 0 Å². The van der Waals surface area contributed by atoms with Gasteiger partial charge in [0.1, 0.15) is 11.5 Å². The van der Waals surface area contributed by atoms with Gasteiger partial charge in [0.2, 0.25) is 0 Å². The van der Waals surface area contributed by atoms with E-state index in [0.717, 1.165) is 55.6 Å². The third-order valence-electron chi connectivity index (χ3n) is 5.47. The third kappa shape index (κ3) is 5.76. The highest BCUT2D eigenvalue weighted by molar-refractivity contribution is 5.67. The fraction of sp³-hybridized carbons (Fsp3) is 0.231. The fourth-order valence-corrected chi connectivity index (χ4v) is 3.71. The van der Waals surface area contributed by atoms with E-state index in [0.29, 0.717) is 5.56 Å². The summed E-state index contributed by atoms with van der Waals surface area (Å²) in [5, 5.41) is 0. The molecule has 0 saturated carbocycles. The zero-order valence-corrected chi connectivity index (χ0v) is 17.1. The van der Waals surface area contributed by atoms with Crippen LogP contribution in [-0.2, 0) is 12.6 Å². The molecule has 0 aliphatic carbocycles. The van der Waals surface area contributed by atoms with Gasteiger partial charge in [-0.25, -0.2) is 0 Å². The lowest BCUT2D eigenvalue weighted by Gasteiger charge is -2.26. The molecule has 0 spiro atoms. The van der Waals surface area contributed by atoms with Gasteiger partial charge in [0.15, 0.2) is 0 Å². The lowest BCUT2D eigenvalue weighted by molar-refractivity contribution is -0.137. The molecule has 160 valence electrons. The predicted octanol–water partition coefficient (Wildman–Crippen LogP) is 6.83. The Bertz CT molecular complexity index is 1030. The number of para-hydroxylation sites is 1. The molecule has 3 aromatic carbocycles. The van der Waals surface area contributed by atoms with Crippen LogP contribution in [0.5, 0.6) is 11.5 Å². The maximum atomic E-state index is 13.0. The summed E-state index contributed by atoms with van der Waals surface area (Å²) < 4.78 is 44.7. The van der Waals surface area contributed by atoms with Gasteiger partial charge in [0.05, 0.1) is 5.56 Å². The van der Waals surface area contributed by atoms with E-state index in [1.54, 1.807) is 6.07 Å². The van der Waals surface area contributed by atoms with E-state index in [1.807, 2.05) is 42.5 Å². The number of alkyl halides is 3. The maximum Gasteiger partial charge on any atom is 0.416 e. The maximum absolute atomic E-state index is 13.0. The SMILES string of the molecule is FC(F)(F)c1cccc(C2=CCN(CCc3ccc(Oc4ccccc4)cc3)CC2)c1. The quantitative estimate of drug-likeness (QED) is 0.431. The summed E-state index contributed by atoms with van der Waals surface area (Å²) in [6.07, 6.45) is -0.585. The highest BCUT2D eigenvalue weighted by Crippen LogP contribution is 2.32. The first-order chi connectivity index (χ1) is 15.0. The van der Waals surface area contributed by atoms with Gasteiger partial charge in [-0.15, -0.1) is 0 Å². The van der Waals surface area contributed by atoms with Gasteiger partial charge in [-0.3, -0.25) is 4.90 Å². The molecule has 0 radical (unpaired) electrons. The molecule has 0 atom stereocenters. The lowest BCUT2D eigenvalue weighted by atomic mass is 9.97. The molecule has 0 aromatic heterocycles. The summed E-state index contributed by atoms with van der Waals surface area (Å²) in [6, 6.07) is 23.4. The van der Waals surface area contributed by atoms with Crippen LogP contribution in [0.2, 0.25) is 0 Å². The second kappa shape index (κ2) is 9.40. The average Bonchev–Trinajstić information content (AvgIpc) is 2.79. The van der Waals surface area contributed by atoms with Crippen molar-refractivity contribution in [3.63, 3.8) is 0 Å². The van der Waals surface area contributed by atoms with Crippen LogP contribution in [0.15, 0.2) is 84.9 Å². The first-order valence-corrected chi connectivity index (χ1v) is 10.4. The van der Waals surface area contributed by atoms with Crippen molar-refractivity contribution in [2.24, 2.45) is 0 Å². The number of hydrogen-bond acceptors (Lipinski definition) is 2. The van der Waals surface area contributed by atoms with Crippen molar-refractivity contribution in [1.82, 2.24) is 4.90 Å². The topological polar surface area (TPSA) is 12.5 Å². The summed E-state index contributed by atoms with van der Waals surface area (Å²) in [7, 11) is 0. The van der Waals surface area contributed by atoms with Gasteiger partial charge in [0.25, 0.3) is 0 Å². The molecule has 1 aliphatic heterocycles. The van der Waals surface area contributed by atoms with Crippen LogP contribution < -0.4 is 4.74 Å². The molecule has 3 aromatic rings. The van der Waals surface area contributed by atoms with E-state index in [4.69, 9.17) is 4.74 Å². The Balaban J connectivity index is 1.30. The zero-order chi connectivity index (χ0) is 21.7. The Morgan fingerprint density at radius 3 is 2.26 bits per heavy atom. The molecule has 1 aliphatic rings. The number of rotatable bonds is 6. The minimum absolute atomic E-state index is 0.590. The summed E-state index contributed by atoms with van der Waals surface area (Å²) in [5.41, 5.74) is 2.30. The highest BCUT2D eigenvalue weighted by Gasteiger charge is 2.30. The van der Waals surface area contributed by atoms with Gasteiger partial charge >= 0.3 is 6.18 Å². The third-order valence-corrected chi connectivity index (χ3v) is 5.47. The van der Waals surface area contributed by atoms with Gasteiger partial charge in [0, 0.05) is 19.6 Å². The van der Waals surface area contributed by atoms with E-state index < -0.39 is 11.7 Å². The second-order valence-electron chi connectivity index (χ2n) is 7.67. The predicted molar refractivity (Wildman–Crippen MR) is 117 cm³/mol. The number of hydrogen-bond donors (Lipinski definition) is 0. The van der Waals surface area contributed by atoms with Crippen LogP contribution in [0.1, 0.15) is 23.1 Å². The molecule has 2 nitrogen and oxygen atoms in total. The Morgan fingerprint density at radius 1 is 0.839 bits per heavy atom. The minimum Gasteiger partial charge on any atom is -0.457 e. The van der Waals surface area contributed by atoms with E-state index in [9.17, 15) is 13.2 Å². The van der Waals surface area contributed by atoms with Crippen molar-refractivity contribution in [1.29, 1.82) is 0 Å². The van der Waals surface area contributed by atoms with Gasteiger partial charge in [-0.2, -0.15) is 13.2 Å². The standard InChI is InChI=1S/C26H24F3NO/c27-26(28,29)23-6-4-5-22(19-23)21-14-17-30(18-15-21)16-13-20-9-11-25(12-10-20)31-24-7-2-1-3-8-24/h1-12,14,19H,13,15-18H2. The lowest BCUT2D eigenvalue weighted by Crippen LogP contribution is -2.30. The summed E-state index contributed by atoms with van der Waals surface area (Å²) in [6.45, 7) is 2.50. The van der Waals surface area contributed by atoms with Crippen molar-refractivity contribution < 1.29 is 17.9 Å². The number of ether oxygens (including phenoxy) is 1. The number of nitrogens with zero attached hydrogens (tertiary/aromatic N) is 1. The molecule has 31 heavy (non-hydrogen) atoms. The molecule has 0 bridgehead atoms. The molecule has 0 saturated heterocycles. The Labute approximate surface area is 180 Å². The van der Waals surface area contributed by atoms with Crippen LogP contribution in [0.3, 0.4) is 0 Å². The van der Waals surface area contributed by atoms with Crippen LogP contribution in [0.25, 0.3) is 5.57 Å². The average molecular weight is 423 g/mol. The zero-order valence-electron chi connectivity index (χ0n) is 17.1. The summed E-state index contributed by atoms with van der Waals surface area (Å²) >= 11 is 0. The molecular formula is C26H24F3NO. The molecule has 0 N–H and O–H groups in total. The van der Waals surface area contributed by atoms with Crippen LogP contribution in [0, 0.1) is 0 Å². The minimum atomic E-state index is -4.31. The van der Waals surface area contributed by atoms with Crippen LogP contribution in [0.4, 0.5) is 13.2 Å². The molecule has 0 unspecified atom stereocenters. The first-order valence-electron chi connectivity index (χ1n) is 10.4. The van der Waals surface area contributed by atoms with E-state index in [1.165, 1.54) is 17.7 Å². The monoisotopic (exact) mass is 423 g/mol. The Kier molecular flexibility index (Phi) is 6.42. The largest absolute Gasteiger partial charge is 0.457 e. The molecule has 5 heteroatoms. The highest BCUT2D eigenvalue weighted by atomic mass is 19.4. The van der Waals surface area contributed by atoms with Crippen molar-refractivity contribution in [2.75, 3.05) is 19.6 Å². The van der Waals surface area contributed by atoms with E-state index >= 15 is 0 Å². The van der Waals surface area contributed by atoms with Gasteiger partial charge in [-0.1, -0.05) is 48.5 Å². The molecule has 0 fully saturated rings. The Morgan fingerprint density at radius 2 is 1.58 bits per heavy atom. The molecule has 1 heterocycles. The van der Waals surface area contributed by atoms with E-state index in [2.05, 4.69) is 23.1 Å². The first kappa shape index (κ1) is 21.2. The Hall–Kier alpha value is -3.05. The summed E-state index contributed by atoms with van der Waals surface area (Å²) in [5.74, 6) is 1.62.